The number of nitrogens with zero attached hydrogens (tertiary/aromatic N) is 4. The van der Waals surface area contributed by atoms with Gasteiger partial charge >= 0.3 is 0 Å². The van der Waals surface area contributed by atoms with Crippen LogP contribution in [0.15, 0.2) is 31.0 Å². The van der Waals surface area contributed by atoms with Gasteiger partial charge in [-0.2, -0.15) is 0 Å². The molecule has 0 N–H and O–H groups in total. The molecule has 14 heavy (non-hydrogen) atoms. The average Bonchev–Trinajstić information content (AvgIpc) is 2.94. The molecule has 0 bridgehead atoms. The van der Waals surface area contributed by atoms with Crippen molar-refractivity contribution >= 4 is 0 Å². The quantitative estimate of drug-likeness (QED) is 0.714. The van der Waals surface area contributed by atoms with Crippen LogP contribution in [0.25, 0.3) is 5.82 Å². The molecule has 1 aliphatic carbocycles. The fraction of sp³-hybridized carbons (Fsp3) is 0.300. The normalized spacial score (nSPS) is 15.7. The number of imidazole rings is 1. The van der Waals surface area contributed by atoms with Gasteiger partial charge in [0.15, 0.2) is 0 Å². The summed E-state index contributed by atoms with van der Waals surface area (Å²) in [6.45, 7) is 0. The molecule has 0 spiro atoms. The third kappa shape index (κ3) is 1.28. The van der Waals surface area contributed by atoms with Crippen molar-refractivity contribution in [1.29, 1.82) is 0 Å². The summed E-state index contributed by atoms with van der Waals surface area (Å²) in [7, 11) is 0. The number of aromatic nitrogens is 4. The van der Waals surface area contributed by atoms with Gasteiger partial charge in [-0.15, -0.1) is 0 Å². The van der Waals surface area contributed by atoms with Crippen molar-refractivity contribution in [3.8, 4) is 5.82 Å². The molecular weight excluding hydrogens is 176 g/mol. The van der Waals surface area contributed by atoms with Crippen molar-refractivity contribution in [3.05, 3.63) is 36.8 Å². The fourth-order valence-electron chi connectivity index (χ4n) is 1.44. The Balaban J connectivity index is 2.02. The molecule has 4 heteroatoms. The molecule has 4 nitrogen and oxygen atoms in total. The summed E-state index contributed by atoms with van der Waals surface area (Å²) in [4.78, 5) is 12.7. The van der Waals surface area contributed by atoms with E-state index in [4.69, 9.17) is 0 Å². The highest BCUT2D eigenvalue weighted by molar-refractivity contribution is 5.22. The van der Waals surface area contributed by atoms with Gasteiger partial charge in [0.25, 0.3) is 0 Å². The monoisotopic (exact) mass is 186 g/mol. The minimum atomic E-state index is 0.596. The van der Waals surface area contributed by atoms with E-state index < -0.39 is 0 Å². The first kappa shape index (κ1) is 7.67. The summed E-state index contributed by atoms with van der Waals surface area (Å²) < 4.78 is 1.90. The van der Waals surface area contributed by atoms with E-state index in [2.05, 4.69) is 15.0 Å². The maximum Gasteiger partial charge on any atom is 0.141 e. The van der Waals surface area contributed by atoms with Crippen LogP contribution in [0, 0.1) is 0 Å². The summed E-state index contributed by atoms with van der Waals surface area (Å²) in [5.41, 5.74) is 0. The average molecular weight is 186 g/mol. The van der Waals surface area contributed by atoms with E-state index in [9.17, 15) is 0 Å². The minimum absolute atomic E-state index is 0.596. The van der Waals surface area contributed by atoms with Crippen molar-refractivity contribution in [2.45, 2.75) is 18.8 Å². The second-order valence-corrected chi connectivity index (χ2v) is 3.52. The first-order valence-electron chi connectivity index (χ1n) is 4.75. The highest BCUT2D eigenvalue weighted by Crippen LogP contribution is 2.37. The van der Waals surface area contributed by atoms with Crippen LogP contribution in [-0.2, 0) is 0 Å². The van der Waals surface area contributed by atoms with E-state index >= 15 is 0 Å². The van der Waals surface area contributed by atoms with E-state index in [0.29, 0.717) is 5.92 Å². The first-order valence-corrected chi connectivity index (χ1v) is 4.75. The van der Waals surface area contributed by atoms with Crippen molar-refractivity contribution in [2.75, 3.05) is 0 Å². The van der Waals surface area contributed by atoms with E-state index in [-0.39, 0.29) is 0 Å². The molecule has 1 aliphatic rings. The van der Waals surface area contributed by atoms with Gasteiger partial charge in [0, 0.05) is 24.5 Å². The SMILES string of the molecule is c1cn(-c2ccnc(C3CC3)n2)cn1. The van der Waals surface area contributed by atoms with Gasteiger partial charge in [0.05, 0.1) is 0 Å². The van der Waals surface area contributed by atoms with Crippen molar-refractivity contribution in [3.63, 3.8) is 0 Å². The van der Waals surface area contributed by atoms with Crippen LogP contribution < -0.4 is 0 Å². The molecule has 0 aliphatic heterocycles. The van der Waals surface area contributed by atoms with Crippen LogP contribution in [0.2, 0.25) is 0 Å². The van der Waals surface area contributed by atoms with Gasteiger partial charge < -0.3 is 0 Å². The Bertz CT molecular complexity index is 431. The van der Waals surface area contributed by atoms with Gasteiger partial charge in [0.1, 0.15) is 18.0 Å². The standard InChI is InChI=1S/C10H10N4/c1-2-8(1)10-12-4-3-9(13-10)14-6-5-11-7-14/h3-8H,1-2H2. The molecule has 70 valence electrons. The third-order valence-electron chi connectivity index (χ3n) is 2.37. The molecule has 2 heterocycles. The smallest absolute Gasteiger partial charge is 0.141 e. The third-order valence-corrected chi connectivity index (χ3v) is 2.37. The molecule has 0 saturated heterocycles. The molecule has 2 aromatic rings. The molecule has 1 saturated carbocycles. The van der Waals surface area contributed by atoms with E-state index in [0.717, 1.165) is 11.6 Å². The molecule has 3 rings (SSSR count). The minimum Gasteiger partial charge on any atom is -0.290 e. The Morgan fingerprint density at radius 3 is 2.93 bits per heavy atom. The summed E-state index contributed by atoms with van der Waals surface area (Å²) >= 11 is 0. The zero-order valence-electron chi connectivity index (χ0n) is 7.67. The Labute approximate surface area is 81.7 Å². The lowest BCUT2D eigenvalue weighted by atomic mass is 10.4. The van der Waals surface area contributed by atoms with Crippen LogP contribution in [0.4, 0.5) is 0 Å². The van der Waals surface area contributed by atoms with Crippen molar-refractivity contribution in [1.82, 2.24) is 19.5 Å². The Hall–Kier alpha value is -1.71. The van der Waals surface area contributed by atoms with E-state index in [1.807, 2.05) is 23.0 Å². The zero-order chi connectivity index (χ0) is 9.38. The maximum absolute atomic E-state index is 4.49. The van der Waals surface area contributed by atoms with E-state index in [1.54, 1.807) is 12.5 Å². The van der Waals surface area contributed by atoms with Crippen LogP contribution in [-0.4, -0.2) is 19.5 Å². The van der Waals surface area contributed by atoms with Gasteiger partial charge in [-0.05, 0) is 18.9 Å². The van der Waals surface area contributed by atoms with Gasteiger partial charge in [-0.3, -0.25) is 4.57 Å². The lowest BCUT2D eigenvalue weighted by Gasteiger charge is -2.02. The predicted octanol–water partition coefficient (Wildman–Crippen LogP) is 1.54. The van der Waals surface area contributed by atoms with Crippen LogP contribution in [0.5, 0.6) is 0 Å². The second-order valence-electron chi connectivity index (χ2n) is 3.52. The summed E-state index contributed by atoms with van der Waals surface area (Å²) in [6, 6.07) is 1.90. The Morgan fingerprint density at radius 2 is 2.21 bits per heavy atom. The second kappa shape index (κ2) is 2.90. The molecule has 0 atom stereocenters. The molecule has 0 radical (unpaired) electrons. The number of hydrogen-bond donors (Lipinski definition) is 0. The molecular formula is C10H10N4. The summed E-state index contributed by atoms with van der Waals surface area (Å²) in [6.07, 6.45) is 9.66. The summed E-state index contributed by atoms with van der Waals surface area (Å²) in [5.74, 6) is 2.47. The zero-order valence-corrected chi connectivity index (χ0v) is 7.67. The fourth-order valence-corrected chi connectivity index (χ4v) is 1.44. The summed E-state index contributed by atoms with van der Waals surface area (Å²) in [5, 5.41) is 0. The highest BCUT2D eigenvalue weighted by atomic mass is 15.1. The Kier molecular flexibility index (Phi) is 1.59. The molecule has 2 aromatic heterocycles. The lowest BCUT2D eigenvalue weighted by Crippen LogP contribution is -1.99. The predicted molar refractivity (Wildman–Crippen MR) is 51.1 cm³/mol. The topological polar surface area (TPSA) is 43.6 Å². The molecule has 0 amide bonds. The van der Waals surface area contributed by atoms with Crippen molar-refractivity contribution in [2.24, 2.45) is 0 Å². The van der Waals surface area contributed by atoms with Crippen LogP contribution >= 0.6 is 0 Å². The maximum atomic E-state index is 4.49. The Morgan fingerprint density at radius 1 is 1.29 bits per heavy atom. The van der Waals surface area contributed by atoms with E-state index in [1.165, 1.54) is 12.8 Å². The largest absolute Gasteiger partial charge is 0.290 e. The molecule has 1 fully saturated rings. The van der Waals surface area contributed by atoms with Gasteiger partial charge in [0.2, 0.25) is 0 Å². The number of rotatable bonds is 2. The first-order chi connectivity index (χ1) is 6.93. The van der Waals surface area contributed by atoms with Gasteiger partial charge in [-0.1, -0.05) is 0 Å². The van der Waals surface area contributed by atoms with Crippen molar-refractivity contribution < 1.29 is 0 Å². The van der Waals surface area contributed by atoms with Crippen LogP contribution in [0.3, 0.4) is 0 Å². The lowest BCUT2D eigenvalue weighted by molar-refractivity contribution is 0.878. The molecule has 0 aromatic carbocycles. The van der Waals surface area contributed by atoms with Crippen LogP contribution in [0.1, 0.15) is 24.6 Å². The van der Waals surface area contributed by atoms with Gasteiger partial charge in [-0.25, -0.2) is 15.0 Å². The number of hydrogen-bond acceptors (Lipinski definition) is 3. The highest BCUT2D eigenvalue weighted by Gasteiger charge is 2.26. The molecule has 0 unspecified atom stereocenters.